The second-order valence-electron chi connectivity index (χ2n) is 8.96. The summed E-state index contributed by atoms with van der Waals surface area (Å²) >= 11 is 1.47. The lowest BCUT2D eigenvalue weighted by molar-refractivity contribution is -0.143. The van der Waals surface area contributed by atoms with Gasteiger partial charge >= 0.3 is 0 Å². The molecular formula is C24H26N6O4S. The fraction of sp³-hybridized carbons (Fsp3) is 0.292. The quantitative estimate of drug-likeness (QED) is 0.384. The van der Waals surface area contributed by atoms with Crippen LogP contribution in [0.5, 0.6) is 5.75 Å². The summed E-state index contributed by atoms with van der Waals surface area (Å²) in [6, 6.07) is 12.4. The molecule has 4 rings (SSSR count). The molecule has 35 heavy (non-hydrogen) atoms. The molecule has 1 aromatic carbocycles. The van der Waals surface area contributed by atoms with Gasteiger partial charge in [-0.15, -0.1) is 21.5 Å². The maximum Gasteiger partial charge on any atom is 0.247 e. The van der Waals surface area contributed by atoms with Crippen molar-refractivity contribution in [3.63, 3.8) is 0 Å². The van der Waals surface area contributed by atoms with Crippen LogP contribution >= 0.6 is 11.3 Å². The van der Waals surface area contributed by atoms with E-state index in [1.165, 1.54) is 39.4 Å². The topological polar surface area (TPSA) is 126 Å². The maximum atomic E-state index is 13.6. The molecule has 0 bridgehead atoms. The minimum absolute atomic E-state index is 0.0431. The number of aromatic hydroxyl groups is 1. The average Bonchev–Trinajstić information content (AvgIpc) is 3.56. The number of hydrogen-bond donors (Lipinski definition) is 2. The van der Waals surface area contributed by atoms with E-state index in [2.05, 4.69) is 20.7 Å². The van der Waals surface area contributed by atoms with Crippen LogP contribution < -0.4 is 5.32 Å². The molecule has 0 saturated heterocycles. The third-order valence-electron chi connectivity index (χ3n) is 4.96. The van der Waals surface area contributed by atoms with Gasteiger partial charge in [0.2, 0.25) is 17.6 Å². The van der Waals surface area contributed by atoms with Gasteiger partial charge in [-0.2, -0.15) is 4.80 Å². The van der Waals surface area contributed by atoms with Gasteiger partial charge in [-0.3, -0.25) is 9.59 Å². The molecule has 0 aliphatic carbocycles. The highest BCUT2D eigenvalue weighted by atomic mass is 32.1. The van der Waals surface area contributed by atoms with E-state index in [1.807, 2.05) is 38.3 Å². The van der Waals surface area contributed by atoms with Gasteiger partial charge < -0.3 is 19.7 Å². The number of benzene rings is 1. The molecule has 0 spiro atoms. The number of carbonyl (C=O) groups excluding carboxylic acids is 2. The lowest BCUT2D eigenvalue weighted by Crippen LogP contribution is -2.49. The molecule has 2 N–H and O–H groups in total. The SMILES string of the molecule is CC(C)(C)NC(=O)[C@@H](c1ccc(O)cc1)N(Cc1ccco1)C(=O)Cn1nnc(-c2cccs2)n1. The molecule has 11 heteroatoms. The third kappa shape index (κ3) is 6.12. The van der Waals surface area contributed by atoms with Gasteiger partial charge in [0.15, 0.2) is 0 Å². The number of phenolic OH excluding ortho intramolecular Hbond substituents is 1. The number of amides is 2. The molecular weight excluding hydrogens is 468 g/mol. The van der Waals surface area contributed by atoms with Crippen molar-refractivity contribution >= 4 is 23.2 Å². The second-order valence-corrected chi connectivity index (χ2v) is 9.90. The number of carbonyl (C=O) groups is 2. The van der Waals surface area contributed by atoms with Gasteiger partial charge in [-0.05, 0) is 67.3 Å². The van der Waals surface area contributed by atoms with E-state index in [-0.39, 0.29) is 24.7 Å². The first-order valence-corrected chi connectivity index (χ1v) is 11.8. The summed E-state index contributed by atoms with van der Waals surface area (Å²) in [5, 5.41) is 27.0. The maximum absolute atomic E-state index is 13.6. The Morgan fingerprint density at radius 2 is 1.94 bits per heavy atom. The number of nitrogens with one attached hydrogen (secondary N) is 1. The Bertz CT molecular complexity index is 1260. The highest BCUT2D eigenvalue weighted by Gasteiger charge is 2.34. The van der Waals surface area contributed by atoms with E-state index in [0.29, 0.717) is 17.1 Å². The van der Waals surface area contributed by atoms with E-state index >= 15 is 0 Å². The summed E-state index contributed by atoms with van der Waals surface area (Å²) < 4.78 is 5.49. The molecule has 0 aliphatic heterocycles. The minimum Gasteiger partial charge on any atom is -0.508 e. The molecule has 0 saturated carbocycles. The first kappa shape index (κ1) is 24.1. The molecule has 2 amide bonds. The zero-order valence-electron chi connectivity index (χ0n) is 19.6. The first-order valence-electron chi connectivity index (χ1n) is 10.9. The summed E-state index contributed by atoms with van der Waals surface area (Å²) in [5.74, 6) is 0.218. The summed E-state index contributed by atoms with van der Waals surface area (Å²) in [7, 11) is 0. The van der Waals surface area contributed by atoms with Crippen LogP contribution in [0.1, 0.15) is 38.1 Å². The molecule has 3 aromatic heterocycles. The number of thiophene rings is 1. The van der Waals surface area contributed by atoms with Crippen molar-refractivity contribution in [3.05, 3.63) is 71.5 Å². The zero-order chi connectivity index (χ0) is 25.0. The molecule has 3 heterocycles. The summed E-state index contributed by atoms with van der Waals surface area (Å²) in [6.07, 6.45) is 1.51. The van der Waals surface area contributed by atoms with Gasteiger partial charge in [0.05, 0.1) is 17.7 Å². The second kappa shape index (κ2) is 10.1. The molecule has 4 aromatic rings. The van der Waals surface area contributed by atoms with Gasteiger partial charge in [-0.25, -0.2) is 0 Å². The predicted molar refractivity (Wildman–Crippen MR) is 129 cm³/mol. The Hall–Kier alpha value is -3.99. The molecule has 1 atom stereocenters. The van der Waals surface area contributed by atoms with Crippen molar-refractivity contribution < 1.29 is 19.1 Å². The van der Waals surface area contributed by atoms with Gasteiger partial charge in [0, 0.05) is 5.54 Å². The van der Waals surface area contributed by atoms with E-state index < -0.39 is 17.5 Å². The average molecular weight is 495 g/mol. The molecule has 0 unspecified atom stereocenters. The molecule has 182 valence electrons. The lowest BCUT2D eigenvalue weighted by atomic mass is 10.0. The number of phenols is 1. The van der Waals surface area contributed by atoms with Crippen molar-refractivity contribution in [1.29, 1.82) is 0 Å². The number of rotatable bonds is 8. The number of nitrogens with zero attached hydrogens (tertiary/aromatic N) is 5. The Morgan fingerprint density at radius 3 is 2.57 bits per heavy atom. The van der Waals surface area contributed by atoms with Crippen LogP contribution in [-0.4, -0.2) is 47.6 Å². The highest BCUT2D eigenvalue weighted by Crippen LogP contribution is 2.27. The van der Waals surface area contributed by atoms with Crippen LogP contribution in [0.2, 0.25) is 0 Å². The van der Waals surface area contributed by atoms with E-state index in [9.17, 15) is 14.7 Å². The molecule has 0 fully saturated rings. The number of furan rings is 1. The fourth-order valence-corrected chi connectivity index (χ4v) is 4.14. The minimum atomic E-state index is -0.993. The van der Waals surface area contributed by atoms with Crippen LogP contribution in [0.25, 0.3) is 10.7 Å². The van der Waals surface area contributed by atoms with Crippen LogP contribution in [-0.2, 0) is 22.7 Å². The number of hydrogen-bond acceptors (Lipinski definition) is 8. The number of aromatic nitrogens is 4. The highest BCUT2D eigenvalue weighted by molar-refractivity contribution is 7.13. The predicted octanol–water partition coefficient (Wildman–Crippen LogP) is 3.39. The van der Waals surface area contributed by atoms with Crippen LogP contribution in [0.4, 0.5) is 0 Å². The number of tetrazole rings is 1. The Balaban J connectivity index is 1.68. The fourth-order valence-electron chi connectivity index (χ4n) is 3.49. The summed E-state index contributed by atoms with van der Waals surface area (Å²) in [5.41, 5.74) is 0.00428. The third-order valence-corrected chi connectivity index (χ3v) is 5.83. The molecule has 0 radical (unpaired) electrons. The van der Waals surface area contributed by atoms with Gasteiger partial charge in [0.1, 0.15) is 24.1 Å². The first-order chi connectivity index (χ1) is 16.7. The van der Waals surface area contributed by atoms with E-state index in [4.69, 9.17) is 4.42 Å². The van der Waals surface area contributed by atoms with Crippen LogP contribution in [0.15, 0.2) is 64.6 Å². The van der Waals surface area contributed by atoms with Crippen LogP contribution in [0.3, 0.4) is 0 Å². The molecule has 0 aliphatic rings. The Kier molecular flexibility index (Phi) is 6.97. The largest absolute Gasteiger partial charge is 0.508 e. The van der Waals surface area contributed by atoms with Gasteiger partial charge in [-0.1, -0.05) is 18.2 Å². The van der Waals surface area contributed by atoms with Crippen molar-refractivity contribution in [3.8, 4) is 16.5 Å². The standard InChI is InChI=1S/C24H26N6O4S/c1-24(2,3)25-23(33)21(16-8-10-17(31)11-9-16)29(14-18-6-4-12-34-18)20(32)15-30-27-22(26-28-30)19-7-5-13-35-19/h4-13,21,31H,14-15H2,1-3H3,(H,25,33)/t21-/m1/s1. The Labute approximate surface area is 206 Å². The van der Waals surface area contributed by atoms with E-state index in [1.54, 1.807) is 24.3 Å². The molecule has 10 nitrogen and oxygen atoms in total. The van der Waals surface area contributed by atoms with Crippen molar-refractivity contribution in [2.75, 3.05) is 0 Å². The van der Waals surface area contributed by atoms with Crippen molar-refractivity contribution in [1.82, 2.24) is 30.4 Å². The van der Waals surface area contributed by atoms with Crippen molar-refractivity contribution in [2.45, 2.75) is 45.4 Å². The van der Waals surface area contributed by atoms with Gasteiger partial charge in [0.25, 0.3) is 0 Å². The smallest absolute Gasteiger partial charge is 0.247 e. The summed E-state index contributed by atoms with van der Waals surface area (Å²) in [6.45, 7) is 5.41. The van der Waals surface area contributed by atoms with E-state index in [0.717, 1.165) is 4.88 Å². The summed E-state index contributed by atoms with van der Waals surface area (Å²) in [4.78, 5) is 30.6. The van der Waals surface area contributed by atoms with Crippen LogP contribution in [0, 0.1) is 0 Å². The monoisotopic (exact) mass is 494 g/mol. The lowest BCUT2D eigenvalue weighted by Gasteiger charge is -2.33. The Morgan fingerprint density at radius 1 is 1.17 bits per heavy atom. The zero-order valence-corrected chi connectivity index (χ0v) is 20.4. The van der Waals surface area contributed by atoms with Crippen molar-refractivity contribution in [2.24, 2.45) is 0 Å². The normalized spacial score (nSPS) is 12.3.